The van der Waals surface area contributed by atoms with Crippen molar-refractivity contribution in [2.45, 2.75) is 25.5 Å². The van der Waals surface area contributed by atoms with Gasteiger partial charge in [0.05, 0.1) is 18.3 Å². The van der Waals surface area contributed by atoms with Crippen LogP contribution in [-0.4, -0.2) is 28.2 Å². The van der Waals surface area contributed by atoms with E-state index in [2.05, 4.69) is 10.3 Å². The topological polar surface area (TPSA) is 93.2 Å². The summed E-state index contributed by atoms with van der Waals surface area (Å²) in [4.78, 5) is 38.8. The summed E-state index contributed by atoms with van der Waals surface area (Å²) >= 11 is 0. The molecule has 2 aromatic rings. The minimum absolute atomic E-state index is 0.0280. The lowest BCUT2D eigenvalue weighted by molar-refractivity contribution is 0.0941. The average molecular weight is 351 g/mol. The molecule has 1 aromatic carbocycles. The molecule has 7 nitrogen and oxygen atoms in total. The molecular formula is C16H15F2N3O4. The molecule has 0 aliphatic carbocycles. The van der Waals surface area contributed by atoms with Crippen molar-refractivity contribution in [1.29, 1.82) is 0 Å². The van der Waals surface area contributed by atoms with E-state index in [0.717, 1.165) is 29.3 Å². The maximum absolute atomic E-state index is 13.6. The number of amides is 1. The molecule has 1 saturated heterocycles. The summed E-state index contributed by atoms with van der Waals surface area (Å²) in [6.45, 7) is 0.585. The van der Waals surface area contributed by atoms with Gasteiger partial charge in [0.2, 0.25) is 0 Å². The molecule has 0 spiro atoms. The Morgan fingerprint density at radius 2 is 2.16 bits per heavy atom. The zero-order chi connectivity index (χ0) is 18.0. The number of nitrogens with one attached hydrogen (secondary N) is 2. The van der Waals surface area contributed by atoms with E-state index in [9.17, 15) is 23.2 Å². The van der Waals surface area contributed by atoms with E-state index in [1.807, 2.05) is 0 Å². The van der Waals surface area contributed by atoms with E-state index in [-0.39, 0.29) is 23.9 Å². The molecule has 9 heteroatoms. The summed E-state index contributed by atoms with van der Waals surface area (Å²) in [5.74, 6) is -2.68. The van der Waals surface area contributed by atoms with Crippen LogP contribution in [0.25, 0.3) is 0 Å². The predicted molar refractivity (Wildman–Crippen MR) is 84.6 cm³/mol. The molecule has 3 rings (SSSR count). The van der Waals surface area contributed by atoms with Gasteiger partial charge in [0.25, 0.3) is 11.5 Å². The van der Waals surface area contributed by atoms with Gasteiger partial charge in [0.15, 0.2) is 0 Å². The number of H-pyrrole nitrogens is 1. The maximum atomic E-state index is 13.6. The molecule has 1 aromatic heterocycles. The Balaban J connectivity index is 1.87. The van der Waals surface area contributed by atoms with Crippen LogP contribution in [0.2, 0.25) is 0 Å². The first kappa shape index (κ1) is 17.0. The minimum atomic E-state index is -0.975. The number of carbonyl (C=O) groups is 1. The van der Waals surface area contributed by atoms with Crippen molar-refractivity contribution in [3.63, 3.8) is 0 Å². The fourth-order valence-electron chi connectivity index (χ4n) is 2.61. The number of hydrogen-bond donors (Lipinski definition) is 2. The molecule has 1 atom stereocenters. The Morgan fingerprint density at radius 3 is 2.84 bits per heavy atom. The Morgan fingerprint density at radius 1 is 1.36 bits per heavy atom. The van der Waals surface area contributed by atoms with E-state index < -0.39 is 28.8 Å². The third-order valence-electron chi connectivity index (χ3n) is 3.89. The fraction of sp³-hybridized carbons (Fsp3) is 0.312. The molecule has 2 N–H and O–H groups in total. The zero-order valence-corrected chi connectivity index (χ0v) is 13.1. The zero-order valence-electron chi connectivity index (χ0n) is 13.1. The van der Waals surface area contributed by atoms with Crippen molar-refractivity contribution in [2.75, 3.05) is 11.9 Å². The highest BCUT2D eigenvalue weighted by molar-refractivity contribution is 6.03. The van der Waals surface area contributed by atoms with Crippen LogP contribution in [0.1, 0.15) is 23.2 Å². The monoisotopic (exact) mass is 351 g/mol. The van der Waals surface area contributed by atoms with E-state index in [0.29, 0.717) is 19.1 Å². The highest BCUT2D eigenvalue weighted by Crippen LogP contribution is 2.15. The molecule has 2 heterocycles. The van der Waals surface area contributed by atoms with Crippen molar-refractivity contribution in [1.82, 2.24) is 9.55 Å². The SMILES string of the molecule is O=C(Nc1ccc(F)cc1F)c1c[nH]c(=O)n(CC2CCCO2)c1=O. The normalized spacial score (nSPS) is 16.8. The van der Waals surface area contributed by atoms with Gasteiger partial charge in [-0.1, -0.05) is 0 Å². The summed E-state index contributed by atoms with van der Waals surface area (Å²) < 4.78 is 32.8. The van der Waals surface area contributed by atoms with Gasteiger partial charge < -0.3 is 15.0 Å². The van der Waals surface area contributed by atoms with Crippen LogP contribution in [0.4, 0.5) is 14.5 Å². The predicted octanol–water partition coefficient (Wildman–Crippen LogP) is 1.25. The molecular weight excluding hydrogens is 336 g/mol. The number of carbonyl (C=O) groups excluding carboxylic acids is 1. The van der Waals surface area contributed by atoms with Crippen LogP contribution >= 0.6 is 0 Å². The molecule has 0 bridgehead atoms. The maximum Gasteiger partial charge on any atom is 0.328 e. The van der Waals surface area contributed by atoms with Gasteiger partial charge >= 0.3 is 5.69 Å². The molecule has 1 aliphatic heterocycles. The Kier molecular flexibility index (Phi) is 4.75. The van der Waals surface area contributed by atoms with Crippen molar-refractivity contribution in [2.24, 2.45) is 0 Å². The minimum Gasteiger partial charge on any atom is -0.376 e. The van der Waals surface area contributed by atoms with Gasteiger partial charge in [0, 0.05) is 18.9 Å². The van der Waals surface area contributed by atoms with Crippen LogP contribution in [0.5, 0.6) is 0 Å². The van der Waals surface area contributed by atoms with Crippen LogP contribution in [0.3, 0.4) is 0 Å². The van der Waals surface area contributed by atoms with Gasteiger partial charge in [-0.25, -0.2) is 13.6 Å². The number of rotatable bonds is 4. The summed E-state index contributed by atoms with van der Waals surface area (Å²) in [5.41, 5.74) is -2.10. The van der Waals surface area contributed by atoms with Crippen molar-refractivity contribution >= 4 is 11.6 Å². The summed E-state index contributed by atoms with van der Waals surface area (Å²) in [5, 5.41) is 2.19. The number of hydrogen-bond acceptors (Lipinski definition) is 4. The number of nitrogens with zero attached hydrogens (tertiary/aromatic N) is 1. The summed E-state index contributed by atoms with van der Waals surface area (Å²) in [7, 11) is 0. The highest BCUT2D eigenvalue weighted by atomic mass is 19.1. The second kappa shape index (κ2) is 6.98. The van der Waals surface area contributed by atoms with E-state index in [1.165, 1.54) is 0 Å². The first-order valence-corrected chi connectivity index (χ1v) is 7.66. The van der Waals surface area contributed by atoms with E-state index in [4.69, 9.17) is 4.74 Å². The fourth-order valence-corrected chi connectivity index (χ4v) is 2.61. The molecule has 1 aliphatic rings. The molecule has 0 radical (unpaired) electrons. The largest absolute Gasteiger partial charge is 0.376 e. The third-order valence-corrected chi connectivity index (χ3v) is 3.89. The van der Waals surface area contributed by atoms with Crippen LogP contribution in [0.15, 0.2) is 34.0 Å². The molecule has 25 heavy (non-hydrogen) atoms. The van der Waals surface area contributed by atoms with Gasteiger partial charge in [-0.2, -0.15) is 0 Å². The highest BCUT2D eigenvalue weighted by Gasteiger charge is 2.21. The van der Waals surface area contributed by atoms with Crippen molar-refractivity contribution < 1.29 is 18.3 Å². The van der Waals surface area contributed by atoms with Crippen LogP contribution in [0, 0.1) is 11.6 Å². The summed E-state index contributed by atoms with van der Waals surface area (Å²) in [6, 6.07) is 2.62. The van der Waals surface area contributed by atoms with E-state index >= 15 is 0 Å². The lowest BCUT2D eigenvalue weighted by atomic mass is 10.2. The first-order valence-electron chi connectivity index (χ1n) is 7.66. The first-order chi connectivity index (χ1) is 12.0. The molecule has 1 fully saturated rings. The Hall–Kier alpha value is -2.81. The van der Waals surface area contributed by atoms with E-state index in [1.54, 1.807) is 0 Å². The van der Waals surface area contributed by atoms with Crippen LogP contribution < -0.4 is 16.6 Å². The quantitative estimate of drug-likeness (QED) is 0.867. The second-order valence-electron chi connectivity index (χ2n) is 5.64. The lowest BCUT2D eigenvalue weighted by Crippen LogP contribution is -2.41. The molecule has 1 amide bonds. The average Bonchev–Trinajstić information content (AvgIpc) is 3.07. The molecule has 1 unspecified atom stereocenters. The number of ether oxygens (including phenoxy) is 1. The number of aromatic nitrogens is 2. The van der Waals surface area contributed by atoms with Crippen molar-refractivity contribution in [3.8, 4) is 0 Å². The van der Waals surface area contributed by atoms with Gasteiger partial charge in [0.1, 0.15) is 17.2 Å². The summed E-state index contributed by atoms with van der Waals surface area (Å²) in [6.07, 6.45) is 2.24. The van der Waals surface area contributed by atoms with Crippen molar-refractivity contribution in [3.05, 3.63) is 62.4 Å². The number of benzene rings is 1. The Labute approximate surface area is 140 Å². The Bertz CT molecular complexity index is 916. The smallest absolute Gasteiger partial charge is 0.328 e. The molecule has 132 valence electrons. The second-order valence-corrected chi connectivity index (χ2v) is 5.64. The lowest BCUT2D eigenvalue weighted by Gasteiger charge is -2.12. The number of anilines is 1. The van der Waals surface area contributed by atoms with Gasteiger partial charge in [-0.05, 0) is 25.0 Å². The number of aromatic amines is 1. The third kappa shape index (κ3) is 3.66. The van der Waals surface area contributed by atoms with Crippen LogP contribution in [-0.2, 0) is 11.3 Å². The van der Waals surface area contributed by atoms with Gasteiger partial charge in [-0.3, -0.25) is 14.2 Å². The molecule has 0 saturated carbocycles. The number of halogens is 2. The standard InChI is InChI=1S/C16H15F2N3O4/c17-9-3-4-13(12(18)6-9)20-14(22)11-7-19-16(24)21(15(11)23)8-10-2-1-5-25-10/h3-4,6-7,10H,1-2,5,8H2,(H,19,24)(H,20,22). The van der Waals surface area contributed by atoms with Gasteiger partial charge in [-0.15, -0.1) is 0 Å².